The van der Waals surface area contributed by atoms with Crippen molar-refractivity contribution in [3.8, 4) is 5.75 Å². The summed E-state index contributed by atoms with van der Waals surface area (Å²) in [5, 5.41) is 10.4. The SMILES string of the molecule is COc1ccc(CSCC(CC(O)C(C)OCc2ccccc2)C(N)=O)cc1. The molecule has 2 aromatic carbocycles. The molecule has 2 aromatic rings. The summed E-state index contributed by atoms with van der Waals surface area (Å²) in [7, 11) is 1.64. The first-order valence-corrected chi connectivity index (χ1v) is 10.5. The largest absolute Gasteiger partial charge is 0.497 e. The molecule has 0 radical (unpaired) electrons. The van der Waals surface area contributed by atoms with Gasteiger partial charge in [0.25, 0.3) is 0 Å². The quantitative estimate of drug-likeness (QED) is 0.568. The van der Waals surface area contributed by atoms with Crippen LogP contribution in [0, 0.1) is 5.92 Å². The van der Waals surface area contributed by atoms with Crippen LogP contribution in [0.3, 0.4) is 0 Å². The first-order chi connectivity index (χ1) is 13.5. The van der Waals surface area contributed by atoms with Gasteiger partial charge in [0.1, 0.15) is 5.75 Å². The van der Waals surface area contributed by atoms with Crippen molar-refractivity contribution in [3.05, 3.63) is 65.7 Å². The summed E-state index contributed by atoms with van der Waals surface area (Å²) < 4.78 is 10.9. The van der Waals surface area contributed by atoms with Gasteiger partial charge in [-0.25, -0.2) is 0 Å². The molecule has 0 bridgehead atoms. The van der Waals surface area contributed by atoms with E-state index >= 15 is 0 Å². The van der Waals surface area contributed by atoms with E-state index in [1.807, 2.05) is 61.5 Å². The van der Waals surface area contributed by atoms with Gasteiger partial charge in [0.15, 0.2) is 0 Å². The van der Waals surface area contributed by atoms with Crippen molar-refractivity contribution >= 4 is 17.7 Å². The van der Waals surface area contributed by atoms with Crippen molar-refractivity contribution in [2.24, 2.45) is 11.7 Å². The molecule has 0 heterocycles. The molecule has 5 nitrogen and oxygen atoms in total. The molecule has 0 aliphatic carbocycles. The Hall–Kier alpha value is -2.02. The maximum Gasteiger partial charge on any atom is 0.221 e. The molecule has 0 aliphatic rings. The molecule has 0 saturated heterocycles. The number of nitrogens with two attached hydrogens (primary N) is 1. The monoisotopic (exact) mass is 403 g/mol. The smallest absolute Gasteiger partial charge is 0.221 e. The van der Waals surface area contributed by atoms with E-state index < -0.39 is 17.9 Å². The second-order valence-electron chi connectivity index (χ2n) is 6.77. The highest BCUT2D eigenvalue weighted by molar-refractivity contribution is 7.98. The molecular weight excluding hydrogens is 374 g/mol. The Labute approximate surface area is 171 Å². The lowest BCUT2D eigenvalue weighted by Gasteiger charge is -2.23. The third-order valence-corrected chi connectivity index (χ3v) is 5.75. The van der Waals surface area contributed by atoms with Crippen molar-refractivity contribution in [1.29, 1.82) is 0 Å². The maximum atomic E-state index is 11.8. The van der Waals surface area contributed by atoms with Crippen LogP contribution in [-0.4, -0.2) is 36.1 Å². The van der Waals surface area contributed by atoms with Crippen molar-refractivity contribution in [1.82, 2.24) is 0 Å². The fraction of sp³-hybridized carbons (Fsp3) is 0.409. The predicted molar refractivity (Wildman–Crippen MR) is 113 cm³/mol. The first-order valence-electron chi connectivity index (χ1n) is 9.33. The lowest BCUT2D eigenvalue weighted by molar-refractivity contribution is -0.123. The molecule has 0 spiro atoms. The van der Waals surface area contributed by atoms with Crippen molar-refractivity contribution in [3.63, 3.8) is 0 Å². The number of amides is 1. The van der Waals surface area contributed by atoms with Gasteiger partial charge in [-0.05, 0) is 36.6 Å². The minimum absolute atomic E-state index is 0.293. The van der Waals surface area contributed by atoms with Gasteiger partial charge in [-0.1, -0.05) is 42.5 Å². The van der Waals surface area contributed by atoms with Crippen molar-refractivity contribution in [2.45, 2.75) is 37.9 Å². The molecule has 3 N–H and O–H groups in total. The van der Waals surface area contributed by atoms with E-state index in [1.165, 1.54) is 0 Å². The lowest BCUT2D eigenvalue weighted by atomic mass is 10.00. The summed E-state index contributed by atoms with van der Waals surface area (Å²) in [5.41, 5.74) is 7.74. The Morgan fingerprint density at radius 2 is 1.79 bits per heavy atom. The number of aliphatic hydroxyl groups excluding tert-OH is 1. The lowest BCUT2D eigenvalue weighted by Crippen LogP contribution is -2.34. The van der Waals surface area contributed by atoms with Crippen LogP contribution in [-0.2, 0) is 21.9 Å². The molecule has 28 heavy (non-hydrogen) atoms. The average Bonchev–Trinajstić information content (AvgIpc) is 2.72. The topological polar surface area (TPSA) is 81.8 Å². The van der Waals surface area contributed by atoms with Crippen molar-refractivity contribution in [2.75, 3.05) is 12.9 Å². The number of aliphatic hydroxyl groups is 1. The van der Waals surface area contributed by atoms with Crippen molar-refractivity contribution < 1.29 is 19.4 Å². The molecule has 3 atom stereocenters. The van der Waals surface area contributed by atoms with E-state index in [-0.39, 0.29) is 6.10 Å². The maximum absolute atomic E-state index is 11.8. The number of hydrogen-bond acceptors (Lipinski definition) is 5. The van der Waals surface area contributed by atoms with Crippen LogP contribution in [0.4, 0.5) is 0 Å². The number of hydrogen-bond donors (Lipinski definition) is 2. The third-order valence-electron chi connectivity index (χ3n) is 4.57. The highest BCUT2D eigenvalue weighted by Crippen LogP contribution is 2.22. The molecule has 1 amide bonds. The number of carbonyl (C=O) groups excluding carboxylic acids is 1. The average molecular weight is 404 g/mol. The molecule has 6 heteroatoms. The van der Waals surface area contributed by atoms with E-state index in [4.69, 9.17) is 15.2 Å². The summed E-state index contributed by atoms with van der Waals surface area (Å²) in [6, 6.07) is 17.6. The van der Waals surface area contributed by atoms with Gasteiger partial charge in [0.2, 0.25) is 5.91 Å². The van der Waals surface area contributed by atoms with E-state index in [0.29, 0.717) is 18.8 Å². The molecule has 3 unspecified atom stereocenters. The van der Waals surface area contributed by atoms with E-state index in [2.05, 4.69) is 0 Å². The summed E-state index contributed by atoms with van der Waals surface area (Å²) in [5.74, 6) is 1.35. The Bertz CT molecular complexity index is 708. The van der Waals surface area contributed by atoms with Crippen LogP contribution in [0.15, 0.2) is 54.6 Å². The Morgan fingerprint density at radius 3 is 2.39 bits per heavy atom. The van der Waals surface area contributed by atoms with Crippen LogP contribution in [0.25, 0.3) is 0 Å². The zero-order valence-electron chi connectivity index (χ0n) is 16.4. The van der Waals surface area contributed by atoms with Gasteiger partial charge in [-0.3, -0.25) is 4.79 Å². The molecular formula is C22H29NO4S. The second-order valence-corrected chi connectivity index (χ2v) is 7.80. The van der Waals surface area contributed by atoms with Gasteiger partial charge in [-0.2, -0.15) is 11.8 Å². The Balaban J connectivity index is 1.77. The van der Waals surface area contributed by atoms with E-state index in [9.17, 15) is 9.90 Å². The van der Waals surface area contributed by atoms with Crippen LogP contribution in [0.5, 0.6) is 5.75 Å². The van der Waals surface area contributed by atoms with Gasteiger partial charge >= 0.3 is 0 Å². The standard InChI is InChI=1S/C22H29NO4S/c1-16(27-13-17-6-4-3-5-7-17)21(24)12-19(22(23)25)15-28-14-18-8-10-20(26-2)11-9-18/h3-11,16,19,21,24H,12-15H2,1-2H3,(H2,23,25). The van der Waals surface area contributed by atoms with Gasteiger partial charge in [0.05, 0.1) is 25.9 Å². The second kappa shape index (κ2) is 11.7. The molecule has 152 valence electrons. The van der Waals surface area contributed by atoms with Crippen LogP contribution in [0.1, 0.15) is 24.5 Å². The zero-order valence-corrected chi connectivity index (χ0v) is 17.2. The number of thioether (sulfide) groups is 1. The molecule has 0 saturated carbocycles. The fourth-order valence-corrected chi connectivity index (χ4v) is 3.83. The number of ether oxygens (including phenoxy) is 2. The van der Waals surface area contributed by atoms with E-state index in [0.717, 1.165) is 22.6 Å². The van der Waals surface area contributed by atoms with Crippen LogP contribution in [0.2, 0.25) is 0 Å². The van der Waals surface area contributed by atoms with Gasteiger partial charge < -0.3 is 20.3 Å². The normalized spacial score (nSPS) is 14.2. The number of carbonyl (C=O) groups is 1. The Kier molecular flexibility index (Phi) is 9.34. The Morgan fingerprint density at radius 1 is 1.11 bits per heavy atom. The van der Waals surface area contributed by atoms with Crippen LogP contribution >= 0.6 is 11.8 Å². The summed E-state index contributed by atoms with van der Waals surface area (Å²) >= 11 is 1.63. The first kappa shape index (κ1) is 22.3. The third kappa shape index (κ3) is 7.54. The minimum Gasteiger partial charge on any atom is -0.497 e. The van der Waals surface area contributed by atoms with Crippen LogP contribution < -0.4 is 10.5 Å². The number of benzene rings is 2. The number of primary amides is 1. The summed E-state index contributed by atoms with van der Waals surface area (Å²) in [6.45, 7) is 2.24. The zero-order chi connectivity index (χ0) is 20.4. The predicted octanol–water partition coefficient (Wildman–Crippen LogP) is 3.39. The number of rotatable bonds is 12. The molecule has 2 rings (SSSR count). The van der Waals surface area contributed by atoms with E-state index in [1.54, 1.807) is 18.9 Å². The molecule has 0 aliphatic heterocycles. The summed E-state index contributed by atoms with van der Waals surface area (Å²) in [6.07, 6.45) is -0.836. The summed E-state index contributed by atoms with van der Waals surface area (Å²) in [4.78, 5) is 11.8. The minimum atomic E-state index is -0.747. The van der Waals surface area contributed by atoms with Gasteiger partial charge in [-0.15, -0.1) is 0 Å². The highest BCUT2D eigenvalue weighted by Gasteiger charge is 2.24. The van der Waals surface area contributed by atoms with Gasteiger partial charge in [0, 0.05) is 17.4 Å². The number of methoxy groups -OCH3 is 1. The molecule has 0 aromatic heterocycles. The molecule has 0 fully saturated rings. The fourth-order valence-electron chi connectivity index (χ4n) is 2.70. The highest BCUT2D eigenvalue weighted by atomic mass is 32.2.